The summed E-state index contributed by atoms with van der Waals surface area (Å²) >= 11 is 0. The van der Waals surface area contributed by atoms with E-state index in [0.717, 1.165) is 17.5 Å². The van der Waals surface area contributed by atoms with Gasteiger partial charge < -0.3 is 14.6 Å². The molecule has 27 heavy (non-hydrogen) atoms. The molecule has 1 amide bonds. The van der Waals surface area contributed by atoms with Crippen LogP contribution in [0.25, 0.3) is 11.3 Å². The van der Waals surface area contributed by atoms with Crippen LogP contribution in [0.2, 0.25) is 0 Å². The van der Waals surface area contributed by atoms with Crippen molar-refractivity contribution in [3.05, 3.63) is 71.8 Å². The SMILES string of the molecule is Cn1cnc(-c2ccc(F)cc2)c1NC(=O)C[C@@H]1OCCc2ccccc21. The third-order valence-electron chi connectivity index (χ3n) is 4.78. The van der Waals surface area contributed by atoms with Gasteiger partial charge in [-0.25, -0.2) is 9.37 Å². The number of rotatable bonds is 4. The van der Waals surface area contributed by atoms with E-state index in [0.29, 0.717) is 18.1 Å². The van der Waals surface area contributed by atoms with Crippen LogP contribution in [-0.4, -0.2) is 22.1 Å². The first-order chi connectivity index (χ1) is 13.1. The standard InChI is InChI=1S/C21H20FN3O2/c1-25-13-23-20(15-6-8-16(22)9-7-15)21(25)24-19(26)12-18-17-5-3-2-4-14(17)10-11-27-18/h2-9,13,18H,10-12H2,1H3,(H,24,26)/t18-/m0/s1. The quantitative estimate of drug-likeness (QED) is 0.764. The summed E-state index contributed by atoms with van der Waals surface area (Å²) in [6.07, 6.45) is 2.47. The maximum Gasteiger partial charge on any atom is 0.228 e. The molecular weight excluding hydrogens is 345 g/mol. The van der Waals surface area contributed by atoms with Gasteiger partial charge in [-0.2, -0.15) is 0 Å². The molecule has 1 aliphatic heterocycles. The van der Waals surface area contributed by atoms with Gasteiger partial charge in [-0.1, -0.05) is 24.3 Å². The molecule has 0 aliphatic carbocycles. The number of hydrogen-bond donors (Lipinski definition) is 1. The zero-order chi connectivity index (χ0) is 18.8. The number of halogens is 1. The fourth-order valence-electron chi connectivity index (χ4n) is 3.39. The lowest BCUT2D eigenvalue weighted by molar-refractivity contribution is -0.119. The Morgan fingerprint density at radius 2 is 2.04 bits per heavy atom. The van der Waals surface area contributed by atoms with Crippen LogP contribution in [0.15, 0.2) is 54.9 Å². The van der Waals surface area contributed by atoms with Crippen molar-refractivity contribution in [3.63, 3.8) is 0 Å². The number of aryl methyl sites for hydroxylation is 1. The molecule has 138 valence electrons. The lowest BCUT2D eigenvalue weighted by Gasteiger charge is -2.25. The predicted octanol–water partition coefficient (Wildman–Crippen LogP) is 3.87. The Kier molecular flexibility index (Phi) is 4.73. The smallest absolute Gasteiger partial charge is 0.228 e. The first kappa shape index (κ1) is 17.4. The highest BCUT2D eigenvalue weighted by atomic mass is 19.1. The summed E-state index contributed by atoms with van der Waals surface area (Å²) in [6, 6.07) is 14.1. The van der Waals surface area contributed by atoms with Crippen molar-refractivity contribution in [1.29, 1.82) is 0 Å². The maximum absolute atomic E-state index is 13.2. The van der Waals surface area contributed by atoms with Gasteiger partial charge in [0.25, 0.3) is 0 Å². The van der Waals surface area contributed by atoms with E-state index in [1.807, 2.05) is 25.2 Å². The second-order valence-corrected chi connectivity index (χ2v) is 6.62. The molecule has 0 unspecified atom stereocenters. The number of anilines is 1. The molecule has 2 heterocycles. The normalized spacial score (nSPS) is 16.0. The minimum absolute atomic E-state index is 0.149. The molecule has 0 bridgehead atoms. The molecule has 0 radical (unpaired) electrons. The zero-order valence-corrected chi connectivity index (χ0v) is 15.0. The Morgan fingerprint density at radius 3 is 2.85 bits per heavy atom. The Morgan fingerprint density at radius 1 is 1.26 bits per heavy atom. The molecule has 2 aromatic carbocycles. The van der Waals surface area contributed by atoms with Crippen molar-refractivity contribution in [2.24, 2.45) is 7.05 Å². The van der Waals surface area contributed by atoms with Gasteiger partial charge in [-0.15, -0.1) is 0 Å². The van der Waals surface area contributed by atoms with Crippen LogP contribution < -0.4 is 5.32 Å². The first-order valence-corrected chi connectivity index (χ1v) is 8.88. The second-order valence-electron chi connectivity index (χ2n) is 6.62. The summed E-state index contributed by atoms with van der Waals surface area (Å²) in [5, 5.41) is 2.94. The van der Waals surface area contributed by atoms with Crippen LogP contribution in [0.1, 0.15) is 23.7 Å². The van der Waals surface area contributed by atoms with E-state index in [1.54, 1.807) is 23.0 Å². The third-order valence-corrected chi connectivity index (χ3v) is 4.78. The number of nitrogens with one attached hydrogen (secondary N) is 1. The van der Waals surface area contributed by atoms with Gasteiger partial charge >= 0.3 is 0 Å². The molecule has 0 saturated carbocycles. The van der Waals surface area contributed by atoms with Crippen LogP contribution in [-0.2, 0) is 23.0 Å². The van der Waals surface area contributed by atoms with Crippen molar-refractivity contribution in [2.75, 3.05) is 11.9 Å². The number of carbonyl (C=O) groups excluding carboxylic acids is 1. The number of nitrogens with zero attached hydrogens (tertiary/aromatic N) is 2. The Hall–Kier alpha value is -2.99. The molecule has 1 N–H and O–H groups in total. The molecule has 0 spiro atoms. The lowest BCUT2D eigenvalue weighted by Crippen LogP contribution is -2.23. The van der Waals surface area contributed by atoms with Gasteiger partial charge in [0.2, 0.25) is 5.91 Å². The van der Waals surface area contributed by atoms with Gasteiger partial charge in [-0.05, 0) is 41.8 Å². The first-order valence-electron chi connectivity index (χ1n) is 8.88. The number of benzene rings is 2. The van der Waals surface area contributed by atoms with E-state index in [9.17, 15) is 9.18 Å². The minimum Gasteiger partial charge on any atom is -0.373 e. The molecule has 1 aliphatic rings. The summed E-state index contributed by atoms with van der Waals surface area (Å²) in [5.74, 6) is 0.118. The average Bonchev–Trinajstić information content (AvgIpc) is 3.03. The lowest BCUT2D eigenvalue weighted by atomic mass is 9.95. The fourth-order valence-corrected chi connectivity index (χ4v) is 3.39. The number of amides is 1. The van der Waals surface area contributed by atoms with Crippen LogP contribution in [0.3, 0.4) is 0 Å². The number of aromatic nitrogens is 2. The van der Waals surface area contributed by atoms with Gasteiger partial charge in [0.1, 0.15) is 17.3 Å². The van der Waals surface area contributed by atoms with E-state index in [2.05, 4.69) is 16.4 Å². The number of carbonyl (C=O) groups is 1. The van der Waals surface area contributed by atoms with Crippen LogP contribution in [0, 0.1) is 5.82 Å². The minimum atomic E-state index is -0.312. The van der Waals surface area contributed by atoms with Crippen molar-refractivity contribution in [1.82, 2.24) is 9.55 Å². The summed E-state index contributed by atoms with van der Waals surface area (Å²) in [4.78, 5) is 17.0. The highest BCUT2D eigenvalue weighted by Gasteiger charge is 2.24. The van der Waals surface area contributed by atoms with E-state index in [-0.39, 0.29) is 24.2 Å². The number of hydrogen-bond acceptors (Lipinski definition) is 3. The molecule has 1 atom stereocenters. The van der Waals surface area contributed by atoms with Crippen molar-refractivity contribution in [3.8, 4) is 11.3 Å². The van der Waals surface area contributed by atoms with E-state index in [1.165, 1.54) is 17.7 Å². The van der Waals surface area contributed by atoms with Gasteiger partial charge in [0.15, 0.2) is 0 Å². The van der Waals surface area contributed by atoms with Crippen molar-refractivity contribution in [2.45, 2.75) is 18.9 Å². The molecule has 5 nitrogen and oxygen atoms in total. The maximum atomic E-state index is 13.2. The van der Waals surface area contributed by atoms with Crippen LogP contribution >= 0.6 is 0 Å². The van der Waals surface area contributed by atoms with Crippen molar-refractivity contribution < 1.29 is 13.9 Å². The van der Waals surface area contributed by atoms with E-state index >= 15 is 0 Å². The van der Waals surface area contributed by atoms with Crippen LogP contribution in [0.5, 0.6) is 0 Å². The van der Waals surface area contributed by atoms with E-state index < -0.39 is 0 Å². The Bertz CT molecular complexity index is 966. The van der Waals surface area contributed by atoms with Gasteiger partial charge in [-0.3, -0.25) is 4.79 Å². The molecule has 0 saturated heterocycles. The highest BCUT2D eigenvalue weighted by molar-refractivity contribution is 5.94. The molecule has 3 aromatic rings. The Labute approximate surface area is 156 Å². The predicted molar refractivity (Wildman–Crippen MR) is 101 cm³/mol. The molecule has 0 fully saturated rings. The summed E-state index contributed by atoms with van der Waals surface area (Å²) in [6.45, 7) is 0.613. The van der Waals surface area contributed by atoms with Crippen molar-refractivity contribution >= 4 is 11.7 Å². The number of ether oxygens (including phenoxy) is 1. The largest absolute Gasteiger partial charge is 0.373 e. The number of fused-ring (bicyclic) bond motifs is 1. The monoisotopic (exact) mass is 365 g/mol. The summed E-state index contributed by atoms with van der Waals surface area (Å²) < 4.78 is 20.8. The highest BCUT2D eigenvalue weighted by Crippen LogP contribution is 2.31. The van der Waals surface area contributed by atoms with Crippen LogP contribution in [0.4, 0.5) is 10.2 Å². The summed E-state index contributed by atoms with van der Waals surface area (Å²) in [7, 11) is 1.81. The Balaban J connectivity index is 1.53. The fraction of sp³-hybridized carbons (Fsp3) is 0.238. The summed E-state index contributed by atoms with van der Waals surface area (Å²) in [5.41, 5.74) is 3.65. The van der Waals surface area contributed by atoms with Gasteiger partial charge in [0, 0.05) is 12.6 Å². The van der Waals surface area contributed by atoms with E-state index in [4.69, 9.17) is 4.74 Å². The molecule has 4 rings (SSSR count). The third kappa shape index (κ3) is 3.61. The number of imidazole rings is 1. The zero-order valence-electron chi connectivity index (χ0n) is 15.0. The molecule has 1 aromatic heterocycles. The molecule has 6 heteroatoms. The topological polar surface area (TPSA) is 56.2 Å². The average molecular weight is 365 g/mol. The van der Waals surface area contributed by atoms with Gasteiger partial charge in [0.05, 0.1) is 25.5 Å². The molecular formula is C21H20FN3O2. The second kappa shape index (κ2) is 7.32.